The Labute approximate surface area is 87.2 Å². The predicted octanol–water partition coefficient (Wildman–Crippen LogP) is 2.75. The van der Waals surface area contributed by atoms with E-state index in [0.29, 0.717) is 5.75 Å². The molecule has 0 aliphatic heterocycles. The van der Waals surface area contributed by atoms with Crippen LogP contribution in [-0.2, 0) is 4.79 Å². The molecule has 12 heavy (non-hydrogen) atoms. The lowest BCUT2D eigenvalue weighted by atomic mass is 10.3. The minimum atomic E-state index is -0.298. The van der Waals surface area contributed by atoms with Crippen molar-refractivity contribution in [2.75, 3.05) is 5.33 Å². The van der Waals surface area contributed by atoms with Crippen LogP contribution < -0.4 is 4.74 Å². The summed E-state index contributed by atoms with van der Waals surface area (Å²) in [4.78, 5) is 10.8. The summed E-state index contributed by atoms with van der Waals surface area (Å²) in [6.07, 6.45) is 0. The van der Waals surface area contributed by atoms with Crippen LogP contribution in [0.25, 0.3) is 0 Å². The third-order valence-electron chi connectivity index (χ3n) is 1.14. The van der Waals surface area contributed by atoms with E-state index in [0.717, 1.165) is 4.47 Å². The maximum Gasteiger partial charge on any atom is 0.321 e. The fraction of sp³-hybridized carbons (Fsp3) is 0.125. The molecule has 0 spiro atoms. The van der Waals surface area contributed by atoms with E-state index in [4.69, 9.17) is 4.74 Å². The molecule has 0 aliphatic rings. The van der Waals surface area contributed by atoms with Gasteiger partial charge in [-0.25, -0.2) is 0 Å². The van der Waals surface area contributed by atoms with Crippen molar-refractivity contribution >= 4 is 37.8 Å². The topological polar surface area (TPSA) is 26.3 Å². The molecule has 0 aliphatic carbocycles. The van der Waals surface area contributed by atoms with Gasteiger partial charge in [-0.05, 0) is 18.2 Å². The highest BCUT2D eigenvalue weighted by Crippen LogP contribution is 2.17. The van der Waals surface area contributed by atoms with E-state index in [1.807, 2.05) is 6.07 Å². The van der Waals surface area contributed by atoms with Gasteiger partial charge in [0.05, 0.1) is 0 Å². The van der Waals surface area contributed by atoms with Crippen LogP contribution in [0.3, 0.4) is 0 Å². The van der Waals surface area contributed by atoms with E-state index in [9.17, 15) is 4.79 Å². The van der Waals surface area contributed by atoms with Crippen molar-refractivity contribution in [3.05, 3.63) is 28.7 Å². The van der Waals surface area contributed by atoms with Crippen molar-refractivity contribution in [3.8, 4) is 5.75 Å². The second-order valence-electron chi connectivity index (χ2n) is 2.07. The minimum absolute atomic E-state index is 0.208. The number of halogens is 2. The number of esters is 1. The molecule has 1 rings (SSSR count). The maximum atomic E-state index is 10.8. The third-order valence-corrected chi connectivity index (χ3v) is 2.09. The van der Waals surface area contributed by atoms with Crippen LogP contribution in [0.4, 0.5) is 0 Å². The smallest absolute Gasteiger partial charge is 0.321 e. The monoisotopic (exact) mass is 292 g/mol. The molecule has 0 unspecified atom stereocenters. The molecule has 0 saturated carbocycles. The highest BCUT2D eigenvalue weighted by Gasteiger charge is 2.01. The number of hydrogen-bond donors (Lipinski definition) is 0. The molecule has 1 aromatic carbocycles. The van der Waals surface area contributed by atoms with Gasteiger partial charge in [0.25, 0.3) is 0 Å². The molecule has 0 radical (unpaired) electrons. The number of hydrogen-bond acceptors (Lipinski definition) is 2. The molecule has 1 aromatic rings. The van der Waals surface area contributed by atoms with Crippen molar-refractivity contribution in [2.45, 2.75) is 0 Å². The normalized spacial score (nSPS) is 9.50. The fourth-order valence-corrected chi connectivity index (χ4v) is 1.18. The molecule has 0 atom stereocenters. The molecular formula is C8H6Br2O2. The summed E-state index contributed by atoms with van der Waals surface area (Å²) in [5, 5.41) is 0.208. The molecule has 0 saturated heterocycles. The Bertz CT molecular complexity index is 286. The molecule has 64 valence electrons. The largest absolute Gasteiger partial charge is 0.426 e. The maximum absolute atomic E-state index is 10.8. The van der Waals surface area contributed by atoms with Crippen LogP contribution >= 0.6 is 31.9 Å². The lowest BCUT2D eigenvalue weighted by Crippen LogP contribution is -2.08. The summed E-state index contributed by atoms with van der Waals surface area (Å²) in [6.45, 7) is 0. The Morgan fingerprint density at radius 2 is 2.25 bits per heavy atom. The number of carbonyl (C=O) groups excluding carboxylic acids is 1. The number of ether oxygens (including phenoxy) is 1. The Hall–Kier alpha value is -0.350. The summed E-state index contributed by atoms with van der Waals surface area (Å²) in [6, 6.07) is 7.14. The van der Waals surface area contributed by atoms with Gasteiger partial charge in [-0.15, -0.1) is 0 Å². The zero-order valence-electron chi connectivity index (χ0n) is 6.09. The summed E-state index contributed by atoms with van der Waals surface area (Å²) >= 11 is 6.28. The van der Waals surface area contributed by atoms with E-state index < -0.39 is 0 Å². The van der Waals surface area contributed by atoms with Crippen LogP contribution in [0.15, 0.2) is 28.7 Å². The zero-order valence-corrected chi connectivity index (χ0v) is 9.26. The predicted molar refractivity (Wildman–Crippen MR) is 53.6 cm³/mol. The van der Waals surface area contributed by atoms with Gasteiger partial charge in [-0.3, -0.25) is 4.79 Å². The molecular weight excluding hydrogens is 288 g/mol. The second kappa shape index (κ2) is 4.62. The van der Waals surface area contributed by atoms with Crippen molar-refractivity contribution in [3.63, 3.8) is 0 Å². The van der Waals surface area contributed by atoms with Gasteiger partial charge in [0.1, 0.15) is 11.1 Å². The molecule has 0 fully saturated rings. The quantitative estimate of drug-likeness (QED) is 0.476. The molecule has 0 N–H and O–H groups in total. The summed E-state index contributed by atoms with van der Waals surface area (Å²) in [5.41, 5.74) is 0. The molecule has 0 heterocycles. The van der Waals surface area contributed by atoms with Crippen molar-refractivity contribution in [2.24, 2.45) is 0 Å². The van der Waals surface area contributed by atoms with Crippen LogP contribution in [0.5, 0.6) is 5.75 Å². The highest BCUT2D eigenvalue weighted by atomic mass is 79.9. The van der Waals surface area contributed by atoms with E-state index in [1.54, 1.807) is 18.2 Å². The third kappa shape index (κ3) is 2.95. The number of alkyl halides is 1. The van der Waals surface area contributed by atoms with Crippen molar-refractivity contribution < 1.29 is 9.53 Å². The standard InChI is InChI=1S/C8H6Br2O2/c9-5-8(11)12-7-3-1-2-6(10)4-7/h1-4H,5H2. The van der Waals surface area contributed by atoms with Gasteiger partial charge in [0.2, 0.25) is 0 Å². The van der Waals surface area contributed by atoms with E-state index >= 15 is 0 Å². The Morgan fingerprint density at radius 1 is 1.50 bits per heavy atom. The van der Waals surface area contributed by atoms with Gasteiger partial charge in [0.15, 0.2) is 0 Å². The van der Waals surface area contributed by atoms with E-state index in [2.05, 4.69) is 31.9 Å². The van der Waals surface area contributed by atoms with Gasteiger partial charge >= 0.3 is 5.97 Å². The first kappa shape index (κ1) is 9.74. The Balaban J connectivity index is 2.69. The van der Waals surface area contributed by atoms with Crippen LogP contribution in [0.1, 0.15) is 0 Å². The Morgan fingerprint density at radius 3 is 2.83 bits per heavy atom. The highest BCUT2D eigenvalue weighted by molar-refractivity contribution is 9.10. The summed E-state index contributed by atoms with van der Waals surface area (Å²) in [5.74, 6) is 0.252. The van der Waals surface area contributed by atoms with Crippen molar-refractivity contribution in [1.29, 1.82) is 0 Å². The minimum Gasteiger partial charge on any atom is -0.426 e. The molecule has 0 amide bonds. The van der Waals surface area contributed by atoms with E-state index in [-0.39, 0.29) is 11.3 Å². The number of benzene rings is 1. The zero-order chi connectivity index (χ0) is 8.97. The molecule has 2 nitrogen and oxygen atoms in total. The molecule has 0 aromatic heterocycles. The second-order valence-corrected chi connectivity index (χ2v) is 3.54. The van der Waals surface area contributed by atoms with Gasteiger partial charge in [0, 0.05) is 4.47 Å². The average Bonchev–Trinajstić information content (AvgIpc) is 2.04. The average molecular weight is 294 g/mol. The Kier molecular flexibility index (Phi) is 3.75. The van der Waals surface area contributed by atoms with Gasteiger partial charge in [-0.2, -0.15) is 0 Å². The van der Waals surface area contributed by atoms with Gasteiger partial charge < -0.3 is 4.74 Å². The lowest BCUT2D eigenvalue weighted by molar-refractivity contribution is -0.131. The SMILES string of the molecule is O=C(CBr)Oc1cccc(Br)c1. The van der Waals surface area contributed by atoms with Crippen LogP contribution in [0.2, 0.25) is 0 Å². The van der Waals surface area contributed by atoms with Crippen molar-refractivity contribution in [1.82, 2.24) is 0 Å². The van der Waals surface area contributed by atoms with E-state index in [1.165, 1.54) is 0 Å². The summed E-state index contributed by atoms with van der Waals surface area (Å²) < 4.78 is 5.82. The van der Waals surface area contributed by atoms with Gasteiger partial charge in [-0.1, -0.05) is 37.9 Å². The fourth-order valence-electron chi connectivity index (χ4n) is 0.689. The molecule has 0 bridgehead atoms. The lowest BCUT2D eigenvalue weighted by Gasteiger charge is -2.01. The molecule has 4 heteroatoms. The first-order chi connectivity index (χ1) is 5.72. The number of carbonyl (C=O) groups is 1. The van der Waals surface area contributed by atoms with Crippen LogP contribution in [-0.4, -0.2) is 11.3 Å². The first-order valence-electron chi connectivity index (χ1n) is 3.24. The summed E-state index contributed by atoms with van der Waals surface area (Å²) in [7, 11) is 0. The van der Waals surface area contributed by atoms with Crippen LogP contribution in [0, 0.1) is 0 Å². The first-order valence-corrected chi connectivity index (χ1v) is 5.16. The number of rotatable bonds is 2.